The Kier molecular flexibility index (Phi) is 8.49. The molecule has 0 atom stereocenters. The van der Waals surface area contributed by atoms with E-state index in [2.05, 4.69) is 255 Å². The van der Waals surface area contributed by atoms with E-state index in [-0.39, 0.29) is 5.41 Å². The van der Waals surface area contributed by atoms with Crippen molar-refractivity contribution in [2.24, 2.45) is 0 Å². The molecule has 63 heavy (non-hydrogen) atoms. The zero-order valence-corrected chi connectivity index (χ0v) is 35.5. The Balaban J connectivity index is 1.15. The molecule has 12 rings (SSSR count). The minimum atomic E-state index is -0.540. The Bertz CT molecular complexity index is 3330. The molecule has 0 fully saturated rings. The van der Waals surface area contributed by atoms with Gasteiger partial charge in [0.05, 0.1) is 16.8 Å². The van der Waals surface area contributed by atoms with Gasteiger partial charge in [-0.05, 0) is 114 Å². The number of nitrogens with zero attached hydrogens (tertiary/aromatic N) is 1. The number of hydrogen-bond donors (Lipinski definition) is 0. The number of fused-ring (bicyclic) bond motifs is 7. The van der Waals surface area contributed by atoms with Crippen molar-refractivity contribution in [3.8, 4) is 44.5 Å². The van der Waals surface area contributed by atoms with Gasteiger partial charge in [-0.2, -0.15) is 0 Å². The molecular weight excluding hydrogens is 759 g/mol. The van der Waals surface area contributed by atoms with E-state index >= 15 is 0 Å². The molecule has 0 saturated heterocycles. The molecule has 1 heteroatoms. The summed E-state index contributed by atoms with van der Waals surface area (Å²) in [6.45, 7) is 4.75. The van der Waals surface area contributed by atoms with E-state index in [0.29, 0.717) is 0 Å². The fraction of sp³-hybridized carbons (Fsp3) is 0.0645. The van der Waals surface area contributed by atoms with E-state index in [0.717, 1.165) is 17.1 Å². The normalized spacial score (nSPS) is 13.8. The second kappa shape index (κ2) is 14.4. The summed E-state index contributed by atoms with van der Waals surface area (Å²) in [5.74, 6) is 0. The third-order valence-electron chi connectivity index (χ3n) is 13.9. The van der Waals surface area contributed by atoms with Gasteiger partial charge in [-0.1, -0.05) is 214 Å². The standard InChI is InChI=1S/C62H45N/c1-61(2)55-32-15-11-29-50(55)53-37-36-45(39-58(53)61)54-38-43-22-9-10-23-44(43)40-60(54)63(59-35-18-14-28-49(59)42-20-5-3-6-21-42)48-27-19-26-47(41-48)62(46-24-7-4-8-25-46)56-33-16-12-30-51(56)52-31-13-17-34-57(52)62/h3-41H,1-2H3. The zero-order valence-electron chi connectivity index (χ0n) is 35.5. The largest absolute Gasteiger partial charge is 0.309 e. The van der Waals surface area contributed by atoms with Gasteiger partial charge >= 0.3 is 0 Å². The number of para-hydroxylation sites is 1. The minimum absolute atomic E-state index is 0.132. The lowest BCUT2D eigenvalue weighted by Crippen LogP contribution is -2.28. The number of benzene rings is 10. The van der Waals surface area contributed by atoms with Crippen molar-refractivity contribution >= 4 is 27.8 Å². The molecule has 0 amide bonds. The highest BCUT2D eigenvalue weighted by atomic mass is 15.1. The summed E-state index contributed by atoms with van der Waals surface area (Å²) in [6.07, 6.45) is 0. The lowest BCUT2D eigenvalue weighted by molar-refractivity contribution is 0.660. The molecule has 0 unspecified atom stereocenters. The summed E-state index contributed by atoms with van der Waals surface area (Å²) in [6, 6.07) is 88.0. The van der Waals surface area contributed by atoms with Crippen LogP contribution in [-0.2, 0) is 10.8 Å². The lowest BCUT2D eigenvalue weighted by Gasteiger charge is -2.36. The first-order chi connectivity index (χ1) is 31.0. The molecule has 2 aliphatic carbocycles. The first-order valence-electron chi connectivity index (χ1n) is 22.1. The molecule has 0 saturated carbocycles. The van der Waals surface area contributed by atoms with Crippen LogP contribution in [0, 0.1) is 0 Å². The Hall–Kier alpha value is -7.74. The van der Waals surface area contributed by atoms with E-state index in [1.165, 1.54) is 88.7 Å². The highest BCUT2D eigenvalue weighted by Crippen LogP contribution is 2.57. The van der Waals surface area contributed by atoms with Gasteiger partial charge in [-0.15, -0.1) is 0 Å². The van der Waals surface area contributed by atoms with Crippen LogP contribution in [0.4, 0.5) is 17.1 Å². The third-order valence-corrected chi connectivity index (χ3v) is 13.9. The van der Waals surface area contributed by atoms with Crippen molar-refractivity contribution in [2.45, 2.75) is 24.7 Å². The van der Waals surface area contributed by atoms with Crippen LogP contribution in [0.25, 0.3) is 55.3 Å². The average Bonchev–Trinajstić information content (AvgIpc) is 3.78. The van der Waals surface area contributed by atoms with E-state index in [1.807, 2.05) is 0 Å². The molecule has 2 aliphatic rings. The molecule has 0 N–H and O–H groups in total. The molecule has 10 aromatic rings. The van der Waals surface area contributed by atoms with E-state index in [9.17, 15) is 0 Å². The van der Waals surface area contributed by atoms with Crippen LogP contribution in [-0.4, -0.2) is 0 Å². The van der Waals surface area contributed by atoms with Crippen LogP contribution >= 0.6 is 0 Å². The average molecular weight is 804 g/mol. The number of anilines is 3. The van der Waals surface area contributed by atoms with Crippen molar-refractivity contribution in [1.82, 2.24) is 0 Å². The van der Waals surface area contributed by atoms with Gasteiger partial charge in [0.25, 0.3) is 0 Å². The fourth-order valence-corrected chi connectivity index (χ4v) is 11.0. The maximum absolute atomic E-state index is 2.53. The highest BCUT2D eigenvalue weighted by Gasteiger charge is 2.46. The van der Waals surface area contributed by atoms with Crippen LogP contribution in [0.5, 0.6) is 0 Å². The maximum Gasteiger partial charge on any atom is 0.0714 e. The smallest absolute Gasteiger partial charge is 0.0714 e. The van der Waals surface area contributed by atoms with Gasteiger partial charge in [0, 0.05) is 22.2 Å². The molecule has 298 valence electrons. The molecule has 1 nitrogen and oxygen atoms in total. The summed E-state index contributed by atoms with van der Waals surface area (Å²) in [7, 11) is 0. The molecule has 0 bridgehead atoms. The topological polar surface area (TPSA) is 3.24 Å². The third kappa shape index (κ3) is 5.63. The van der Waals surface area contributed by atoms with Gasteiger partial charge in [-0.25, -0.2) is 0 Å². The first kappa shape index (κ1) is 37.1. The predicted molar refractivity (Wildman–Crippen MR) is 264 cm³/mol. The summed E-state index contributed by atoms with van der Waals surface area (Å²) in [5, 5.41) is 2.41. The summed E-state index contributed by atoms with van der Waals surface area (Å²) in [5.41, 5.74) is 20.5. The number of rotatable bonds is 7. The van der Waals surface area contributed by atoms with E-state index < -0.39 is 5.41 Å². The SMILES string of the molecule is CC1(C)c2ccccc2-c2ccc(-c3cc4ccccc4cc3N(c3cccc(C4(c5ccccc5)c5ccccc5-c5ccccc54)c3)c3ccccc3-c3ccccc3)cc21. The molecular formula is C62H45N. The summed E-state index contributed by atoms with van der Waals surface area (Å²) in [4.78, 5) is 2.53. The second-order valence-corrected chi connectivity index (χ2v) is 17.6. The molecule has 0 spiro atoms. The van der Waals surface area contributed by atoms with Crippen LogP contribution in [0.1, 0.15) is 47.2 Å². The molecule has 0 aliphatic heterocycles. The monoisotopic (exact) mass is 803 g/mol. The van der Waals surface area contributed by atoms with Crippen molar-refractivity contribution in [3.63, 3.8) is 0 Å². The van der Waals surface area contributed by atoms with Gasteiger partial charge < -0.3 is 4.90 Å². The highest BCUT2D eigenvalue weighted by molar-refractivity contribution is 6.01. The van der Waals surface area contributed by atoms with E-state index in [4.69, 9.17) is 0 Å². The fourth-order valence-electron chi connectivity index (χ4n) is 11.0. The Morgan fingerprint density at radius 2 is 0.825 bits per heavy atom. The van der Waals surface area contributed by atoms with Gasteiger partial charge in [0.2, 0.25) is 0 Å². The molecule has 10 aromatic carbocycles. The Labute approximate surface area is 370 Å². The molecule has 0 radical (unpaired) electrons. The number of hydrogen-bond acceptors (Lipinski definition) is 1. The molecule has 0 heterocycles. The first-order valence-corrected chi connectivity index (χ1v) is 22.1. The van der Waals surface area contributed by atoms with Crippen LogP contribution in [0.2, 0.25) is 0 Å². The van der Waals surface area contributed by atoms with Gasteiger partial charge in [0.15, 0.2) is 0 Å². The van der Waals surface area contributed by atoms with Crippen molar-refractivity contribution < 1.29 is 0 Å². The van der Waals surface area contributed by atoms with Gasteiger partial charge in [0.1, 0.15) is 0 Å². The van der Waals surface area contributed by atoms with Crippen LogP contribution < -0.4 is 4.90 Å². The Morgan fingerprint density at radius 1 is 0.302 bits per heavy atom. The quantitative estimate of drug-likeness (QED) is 0.155. The van der Waals surface area contributed by atoms with Gasteiger partial charge in [-0.3, -0.25) is 0 Å². The molecule has 0 aromatic heterocycles. The summed E-state index contributed by atoms with van der Waals surface area (Å²) >= 11 is 0. The lowest BCUT2D eigenvalue weighted by atomic mass is 9.67. The maximum atomic E-state index is 2.53. The Morgan fingerprint density at radius 3 is 1.52 bits per heavy atom. The second-order valence-electron chi connectivity index (χ2n) is 17.6. The van der Waals surface area contributed by atoms with Crippen molar-refractivity contribution in [1.29, 1.82) is 0 Å². The predicted octanol–water partition coefficient (Wildman–Crippen LogP) is 16.3. The van der Waals surface area contributed by atoms with Crippen LogP contribution in [0.15, 0.2) is 237 Å². The van der Waals surface area contributed by atoms with E-state index in [1.54, 1.807) is 0 Å². The zero-order chi connectivity index (χ0) is 42.1. The van der Waals surface area contributed by atoms with Crippen LogP contribution in [0.3, 0.4) is 0 Å². The minimum Gasteiger partial charge on any atom is -0.309 e. The van der Waals surface area contributed by atoms with Crippen molar-refractivity contribution in [3.05, 3.63) is 270 Å². The summed E-state index contributed by atoms with van der Waals surface area (Å²) < 4.78 is 0. The van der Waals surface area contributed by atoms with Crippen molar-refractivity contribution in [2.75, 3.05) is 4.90 Å².